The standard InChI is InChI=1S/C21H22ClN3O6S/c1-14-12-23(8-9-24(14)17-5-3-4-16(22)11-17)21(27)15-6-7-19(18(10-15)25(28)29)32(30)13-20(26)31-2/h3-7,10-11,14H,8-9,12-13H2,1-2H3/t14-,32?/m1/s1. The number of hydrogen-bond acceptors (Lipinski definition) is 7. The Morgan fingerprint density at radius 3 is 2.62 bits per heavy atom. The molecule has 2 atom stereocenters. The van der Waals surface area contributed by atoms with E-state index in [0.717, 1.165) is 18.9 Å². The predicted molar refractivity (Wildman–Crippen MR) is 121 cm³/mol. The van der Waals surface area contributed by atoms with Gasteiger partial charge in [-0.1, -0.05) is 17.7 Å². The smallest absolute Gasteiger partial charge is 0.356 e. The molecule has 1 aliphatic rings. The second-order valence-corrected chi connectivity index (χ2v) is 9.14. The fourth-order valence-corrected chi connectivity index (χ4v) is 4.85. The third kappa shape index (κ3) is 5.32. The van der Waals surface area contributed by atoms with Crippen molar-refractivity contribution in [3.05, 3.63) is 63.2 Å². The summed E-state index contributed by atoms with van der Waals surface area (Å²) >= 11 is 4.12. The molecule has 9 nitrogen and oxygen atoms in total. The largest absolute Gasteiger partial charge is 0.611 e. The van der Waals surface area contributed by atoms with Crippen LogP contribution < -0.4 is 4.90 Å². The average molecular weight is 480 g/mol. The Labute approximate surface area is 193 Å². The first-order chi connectivity index (χ1) is 15.2. The lowest BCUT2D eigenvalue weighted by molar-refractivity contribution is -0.387. The van der Waals surface area contributed by atoms with Crippen molar-refractivity contribution in [1.29, 1.82) is 0 Å². The van der Waals surface area contributed by atoms with Crippen LogP contribution in [0.4, 0.5) is 11.4 Å². The molecule has 0 spiro atoms. The third-order valence-corrected chi connectivity index (χ3v) is 6.75. The zero-order chi connectivity index (χ0) is 23.4. The molecule has 1 heterocycles. The first-order valence-electron chi connectivity index (χ1n) is 9.76. The van der Waals surface area contributed by atoms with E-state index in [2.05, 4.69) is 9.64 Å². The molecule has 0 radical (unpaired) electrons. The van der Waals surface area contributed by atoms with Crippen molar-refractivity contribution in [2.24, 2.45) is 0 Å². The van der Waals surface area contributed by atoms with E-state index >= 15 is 0 Å². The number of rotatable bonds is 6. The minimum atomic E-state index is -1.96. The monoisotopic (exact) mass is 479 g/mol. The van der Waals surface area contributed by atoms with E-state index in [1.165, 1.54) is 12.1 Å². The van der Waals surface area contributed by atoms with Gasteiger partial charge in [-0.15, -0.1) is 0 Å². The molecule has 0 aromatic heterocycles. The summed E-state index contributed by atoms with van der Waals surface area (Å²) in [6.45, 7) is 3.42. The van der Waals surface area contributed by atoms with Gasteiger partial charge in [0.1, 0.15) is 0 Å². The van der Waals surface area contributed by atoms with Gasteiger partial charge in [0, 0.05) is 65.3 Å². The number of piperazine rings is 1. The van der Waals surface area contributed by atoms with E-state index in [1.807, 2.05) is 25.1 Å². The van der Waals surface area contributed by atoms with Crippen molar-refractivity contribution in [2.75, 3.05) is 37.4 Å². The molecule has 0 saturated carbocycles. The lowest BCUT2D eigenvalue weighted by Gasteiger charge is -2.41. The number of carbonyl (C=O) groups excluding carboxylic acids is 2. The van der Waals surface area contributed by atoms with E-state index in [1.54, 1.807) is 11.0 Å². The third-order valence-electron chi connectivity index (χ3n) is 5.18. The number of benzene rings is 2. The molecular formula is C21H22ClN3O6S. The Morgan fingerprint density at radius 2 is 2.00 bits per heavy atom. The maximum atomic E-state index is 13.0. The quantitative estimate of drug-likeness (QED) is 0.270. The summed E-state index contributed by atoms with van der Waals surface area (Å²) in [4.78, 5) is 38.9. The summed E-state index contributed by atoms with van der Waals surface area (Å²) in [6.07, 6.45) is 0. The second-order valence-electron chi connectivity index (χ2n) is 7.28. The zero-order valence-corrected chi connectivity index (χ0v) is 19.1. The molecule has 3 rings (SSSR count). The first kappa shape index (κ1) is 23.8. The molecule has 0 N–H and O–H groups in total. The number of nitro groups is 1. The number of nitrogens with zero attached hydrogens (tertiary/aromatic N) is 3. The Kier molecular flexibility index (Phi) is 7.60. The van der Waals surface area contributed by atoms with E-state index in [-0.39, 0.29) is 22.4 Å². The summed E-state index contributed by atoms with van der Waals surface area (Å²) in [5.74, 6) is -1.60. The number of anilines is 1. The van der Waals surface area contributed by atoms with Crippen LogP contribution in [0.1, 0.15) is 17.3 Å². The molecule has 32 heavy (non-hydrogen) atoms. The molecular weight excluding hydrogens is 458 g/mol. The molecule has 170 valence electrons. The molecule has 0 aliphatic carbocycles. The maximum absolute atomic E-state index is 13.0. The predicted octanol–water partition coefficient (Wildman–Crippen LogP) is 2.88. The maximum Gasteiger partial charge on any atom is 0.356 e. The van der Waals surface area contributed by atoms with Gasteiger partial charge in [0.15, 0.2) is 0 Å². The van der Waals surface area contributed by atoms with Crippen LogP contribution in [0.5, 0.6) is 0 Å². The summed E-state index contributed by atoms with van der Waals surface area (Å²) in [7, 11) is 1.14. The molecule has 1 aliphatic heterocycles. The normalized spacial score (nSPS) is 17.1. The van der Waals surface area contributed by atoms with E-state index in [0.29, 0.717) is 24.7 Å². The minimum absolute atomic E-state index is 0.00739. The summed E-state index contributed by atoms with van der Waals surface area (Å²) in [6, 6.07) is 11.3. The highest BCUT2D eigenvalue weighted by molar-refractivity contribution is 7.92. The zero-order valence-electron chi connectivity index (χ0n) is 17.5. The van der Waals surface area contributed by atoms with Crippen molar-refractivity contribution in [1.82, 2.24) is 4.90 Å². The lowest BCUT2D eigenvalue weighted by Crippen LogP contribution is -2.53. The minimum Gasteiger partial charge on any atom is -0.611 e. The number of carbonyl (C=O) groups is 2. The summed E-state index contributed by atoms with van der Waals surface area (Å²) in [5.41, 5.74) is 0.618. The van der Waals surface area contributed by atoms with Crippen LogP contribution in [0.15, 0.2) is 47.4 Å². The van der Waals surface area contributed by atoms with Crippen molar-refractivity contribution >= 4 is 46.0 Å². The Hall–Kier alpha value is -2.82. The molecule has 1 amide bonds. The van der Waals surface area contributed by atoms with Gasteiger partial charge in [-0.3, -0.25) is 14.9 Å². The van der Waals surface area contributed by atoms with Crippen LogP contribution >= 0.6 is 11.6 Å². The highest BCUT2D eigenvalue weighted by atomic mass is 35.5. The van der Waals surface area contributed by atoms with E-state index < -0.39 is 33.5 Å². The lowest BCUT2D eigenvalue weighted by atomic mass is 10.1. The second kappa shape index (κ2) is 10.2. The van der Waals surface area contributed by atoms with Crippen LogP contribution in [0.2, 0.25) is 5.02 Å². The van der Waals surface area contributed by atoms with Gasteiger partial charge in [-0.2, -0.15) is 0 Å². The number of hydrogen-bond donors (Lipinski definition) is 0. The number of halogens is 1. The van der Waals surface area contributed by atoms with E-state index in [9.17, 15) is 24.3 Å². The van der Waals surface area contributed by atoms with E-state index in [4.69, 9.17) is 11.6 Å². The molecule has 11 heteroatoms. The van der Waals surface area contributed by atoms with Gasteiger partial charge in [-0.05, 0) is 31.2 Å². The molecule has 0 bridgehead atoms. The Balaban J connectivity index is 1.77. The summed E-state index contributed by atoms with van der Waals surface area (Å²) < 4.78 is 16.8. The molecule has 1 saturated heterocycles. The molecule has 2 aromatic carbocycles. The van der Waals surface area contributed by atoms with Gasteiger partial charge >= 0.3 is 11.7 Å². The number of nitro benzene ring substituents is 1. The van der Waals surface area contributed by atoms with Crippen LogP contribution in [0.25, 0.3) is 0 Å². The first-order valence-corrected chi connectivity index (χ1v) is 11.5. The fraction of sp³-hybridized carbons (Fsp3) is 0.333. The number of amides is 1. The van der Waals surface area contributed by atoms with Gasteiger partial charge in [0.2, 0.25) is 10.6 Å². The van der Waals surface area contributed by atoms with Crippen LogP contribution in [0.3, 0.4) is 0 Å². The van der Waals surface area contributed by atoms with Gasteiger partial charge in [0.25, 0.3) is 5.91 Å². The van der Waals surface area contributed by atoms with Gasteiger partial charge < -0.3 is 19.1 Å². The van der Waals surface area contributed by atoms with Crippen molar-refractivity contribution in [2.45, 2.75) is 17.9 Å². The average Bonchev–Trinajstić information content (AvgIpc) is 2.77. The van der Waals surface area contributed by atoms with Crippen LogP contribution in [0, 0.1) is 10.1 Å². The SMILES string of the molecule is COC(=O)C[S+]([O-])c1ccc(C(=O)N2CCN(c3cccc(Cl)c3)[C@H](C)C2)cc1[N+](=O)[O-]. The van der Waals surface area contributed by atoms with Crippen molar-refractivity contribution < 1.29 is 23.8 Å². The van der Waals surface area contributed by atoms with Crippen LogP contribution in [-0.2, 0) is 20.7 Å². The van der Waals surface area contributed by atoms with Gasteiger partial charge in [0.05, 0.1) is 12.0 Å². The molecule has 1 unspecified atom stereocenters. The van der Waals surface area contributed by atoms with Gasteiger partial charge in [-0.25, -0.2) is 4.79 Å². The highest BCUT2D eigenvalue weighted by Gasteiger charge is 2.31. The van der Waals surface area contributed by atoms with Crippen LogP contribution in [-0.4, -0.2) is 64.8 Å². The number of ether oxygens (including phenoxy) is 1. The van der Waals surface area contributed by atoms with Crippen molar-refractivity contribution in [3.8, 4) is 0 Å². The Morgan fingerprint density at radius 1 is 1.25 bits per heavy atom. The molecule has 1 fully saturated rings. The number of methoxy groups -OCH3 is 1. The molecule has 2 aromatic rings. The highest BCUT2D eigenvalue weighted by Crippen LogP contribution is 2.28. The fourth-order valence-electron chi connectivity index (χ4n) is 3.59. The summed E-state index contributed by atoms with van der Waals surface area (Å²) in [5, 5.41) is 12.2. The topological polar surface area (TPSA) is 116 Å². The Bertz CT molecular complexity index is 1040. The van der Waals surface area contributed by atoms with Crippen molar-refractivity contribution in [3.63, 3.8) is 0 Å². The number of esters is 1.